The number of guanidine groups is 1. The molecule has 8 heteroatoms. The first-order valence-electron chi connectivity index (χ1n) is 9.05. The number of aliphatic imine (C=N–C) groups is 1. The molecule has 0 aliphatic rings. The van der Waals surface area contributed by atoms with Crippen LogP contribution in [0.4, 0.5) is 8.78 Å². The van der Waals surface area contributed by atoms with E-state index in [9.17, 15) is 8.78 Å². The number of ether oxygens (including phenoxy) is 1. The van der Waals surface area contributed by atoms with Crippen LogP contribution in [0.1, 0.15) is 30.3 Å². The van der Waals surface area contributed by atoms with Crippen LogP contribution in [0.3, 0.4) is 0 Å². The van der Waals surface area contributed by atoms with E-state index in [1.165, 1.54) is 6.07 Å². The zero-order chi connectivity index (χ0) is 19.6. The Bertz CT molecular complexity index is 745. The summed E-state index contributed by atoms with van der Waals surface area (Å²) in [5.74, 6) is 0.826. The van der Waals surface area contributed by atoms with Crippen molar-refractivity contribution in [2.24, 2.45) is 4.99 Å². The van der Waals surface area contributed by atoms with Gasteiger partial charge in [0.1, 0.15) is 5.75 Å². The van der Waals surface area contributed by atoms with Gasteiger partial charge in [-0.25, -0.2) is 4.99 Å². The van der Waals surface area contributed by atoms with Crippen LogP contribution in [0.5, 0.6) is 5.75 Å². The highest BCUT2D eigenvalue weighted by Gasteiger charge is 2.05. The van der Waals surface area contributed by atoms with Crippen LogP contribution >= 0.6 is 0 Å². The highest BCUT2D eigenvalue weighted by molar-refractivity contribution is 5.79. The molecule has 0 fully saturated rings. The van der Waals surface area contributed by atoms with Gasteiger partial charge in [-0.15, -0.1) is 0 Å². The molecule has 0 radical (unpaired) electrons. The molecule has 6 nitrogen and oxygen atoms in total. The zero-order valence-corrected chi connectivity index (χ0v) is 16.0. The molecule has 0 saturated carbocycles. The maximum Gasteiger partial charge on any atom is 0.387 e. The Balaban J connectivity index is 1.85. The van der Waals surface area contributed by atoms with Crippen molar-refractivity contribution in [3.8, 4) is 5.75 Å². The van der Waals surface area contributed by atoms with Gasteiger partial charge in [-0.05, 0) is 51.0 Å². The normalized spacial score (nSPS) is 11.7. The summed E-state index contributed by atoms with van der Waals surface area (Å²) in [6, 6.07) is 8.64. The Hall–Kier alpha value is -2.64. The first-order valence-corrected chi connectivity index (χ1v) is 9.05. The number of alkyl halides is 2. The first-order chi connectivity index (χ1) is 13.0. The standard InChI is InChI=1S/C19H27F2N5O/c1-4-22-19(23-9-6-10-26-15(3)11-14(2)25-26)24-13-16-7-5-8-17(12-16)27-18(20)21/h5,7-8,11-12,18H,4,6,9-10,13H2,1-3H3,(H2,22,23,24). The summed E-state index contributed by atoms with van der Waals surface area (Å²) >= 11 is 0. The van der Waals surface area contributed by atoms with E-state index in [4.69, 9.17) is 0 Å². The van der Waals surface area contributed by atoms with Crippen LogP contribution in [0, 0.1) is 13.8 Å². The highest BCUT2D eigenvalue weighted by Crippen LogP contribution is 2.16. The molecule has 0 unspecified atom stereocenters. The summed E-state index contributed by atoms with van der Waals surface area (Å²) in [6.07, 6.45) is 0.907. The van der Waals surface area contributed by atoms with Crippen LogP contribution in [-0.2, 0) is 13.1 Å². The van der Waals surface area contributed by atoms with E-state index in [1.54, 1.807) is 12.1 Å². The predicted molar refractivity (Wildman–Crippen MR) is 102 cm³/mol. The van der Waals surface area contributed by atoms with E-state index in [-0.39, 0.29) is 5.75 Å². The molecule has 148 valence electrons. The maximum absolute atomic E-state index is 12.3. The molecule has 27 heavy (non-hydrogen) atoms. The lowest BCUT2D eigenvalue weighted by atomic mass is 10.2. The molecular weight excluding hydrogens is 352 g/mol. The zero-order valence-electron chi connectivity index (χ0n) is 16.0. The van der Waals surface area contributed by atoms with Crippen molar-refractivity contribution < 1.29 is 13.5 Å². The average Bonchev–Trinajstić information content (AvgIpc) is 2.93. The number of aromatic nitrogens is 2. The number of rotatable bonds is 9. The van der Waals surface area contributed by atoms with Gasteiger partial charge in [0.05, 0.1) is 12.2 Å². The topological polar surface area (TPSA) is 63.5 Å². The molecule has 0 amide bonds. The molecule has 0 aliphatic heterocycles. The van der Waals surface area contributed by atoms with Crippen LogP contribution in [0.25, 0.3) is 0 Å². The van der Waals surface area contributed by atoms with Crippen LogP contribution in [0.2, 0.25) is 0 Å². The molecule has 2 aromatic rings. The lowest BCUT2D eigenvalue weighted by molar-refractivity contribution is -0.0498. The highest BCUT2D eigenvalue weighted by atomic mass is 19.3. The smallest absolute Gasteiger partial charge is 0.387 e. The van der Waals surface area contributed by atoms with Crippen molar-refractivity contribution in [2.45, 2.75) is 46.9 Å². The molecule has 1 aromatic carbocycles. The molecular formula is C19H27F2N5O. The Kier molecular flexibility index (Phi) is 8.03. The fraction of sp³-hybridized carbons (Fsp3) is 0.474. The molecule has 0 saturated heterocycles. The number of benzene rings is 1. The first kappa shape index (κ1) is 20.7. The van der Waals surface area contributed by atoms with Gasteiger partial charge in [0, 0.05) is 25.3 Å². The number of aryl methyl sites for hydroxylation is 3. The summed E-state index contributed by atoms with van der Waals surface area (Å²) in [4.78, 5) is 4.50. The third-order valence-corrected chi connectivity index (χ3v) is 3.83. The van der Waals surface area contributed by atoms with Gasteiger partial charge >= 0.3 is 6.61 Å². The van der Waals surface area contributed by atoms with E-state index in [1.807, 2.05) is 31.5 Å². The quantitative estimate of drug-likeness (QED) is 0.399. The summed E-state index contributed by atoms with van der Waals surface area (Å²) in [5, 5.41) is 10.9. The molecule has 0 bridgehead atoms. The second-order valence-electron chi connectivity index (χ2n) is 6.15. The van der Waals surface area contributed by atoms with Crippen molar-refractivity contribution in [3.63, 3.8) is 0 Å². The van der Waals surface area contributed by atoms with E-state index < -0.39 is 6.61 Å². The van der Waals surface area contributed by atoms with Gasteiger partial charge < -0.3 is 15.4 Å². The Labute approximate surface area is 158 Å². The Morgan fingerprint density at radius 2 is 2.07 bits per heavy atom. The third kappa shape index (κ3) is 7.24. The van der Waals surface area contributed by atoms with Gasteiger partial charge in [-0.1, -0.05) is 12.1 Å². The SMILES string of the molecule is CCNC(=NCc1cccc(OC(F)F)c1)NCCCn1nc(C)cc1C. The number of nitrogens with one attached hydrogen (secondary N) is 2. The number of halogens is 2. The minimum atomic E-state index is -2.83. The van der Waals surface area contributed by atoms with Crippen molar-refractivity contribution in [2.75, 3.05) is 13.1 Å². The van der Waals surface area contributed by atoms with Gasteiger partial charge in [0.25, 0.3) is 0 Å². The number of hydrogen-bond donors (Lipinski definition) is 2. The summed E-state index contributed by atoms with van der Waals surface area (Å²) < 4.78 is 31.0. The molecule has 0 atom stereocenters. The van der Waals surface area contributed by atoms with Crippen LogP contribution in [-0.4, -0.2) is 35.4 Å². The fourth-order valence-electron chi connectivity index (χ4n) is 2.67. The maximum atomic E-state index is 12.3. The third-order valence-electron chi connectivity index (χ3n) is 3.83. The predicted octanol–water partition coefficient (Wildman–Crippen LogP) is 3.25. The Morgan fingerprint density at radius 1 is 1.26 bits per heavy atom. The van der Waals surface area contributed by atoms with Crippen molar-refractivity contribution in [1.82, 2.24) is 20.4 Å². The molecule has 1 heterocycles. The summed E-state index contributed by atoms with van der Waals surface area (Å²) in [6.45, 7) is 5.88. The van der Waals surface area contributed by atoms with Gasteiger partial charge in [0.2, 0.25) is 0 Å². The van der Waals surface area contributed by atoms with Crippen molar-refractivity contribution >= 4 is 5.96 Å². The summed E-state index contributed by atoms with van der Waals surface area (Å²) in [5.41, 5.74) is 2.97. The lowest BCUT2D eigenvalue weighted by Crippen LogP contribution is -2.38. The van der Waals surface area contributed by atoms with E-state index in [0.29, 0.717) is 12.5 Å². The van der Waals surface area contributed by atoms with Crippen molar-refractivity contribution in [1.29, 1.82) is 0 Å². The lowest BCUT2D eigenvalue weighted by Gasteiger charge is -2.12. The van der Waals surface area contributed by atoms with E-state index in [0.717, 1.165) is 43.0 Å². The van der Waals surface area contributed by atoms with Crippen LogP contribution < -0.4 is 15.4 Å². The van der Waals surface area contributed by atoms with Gasteiger partial charge in [-0.2, -0.15) is 13.9 Å². The number of hydrogen-bond acceptors (Lipinski definition) is 3. The average molecular weight is 379 g/mol. The molecule has 2 N–H and O–H groups in total. The second-order valence-corrected chi connectivity index (χ2v) is 6.15. The minimum Gasteiger partial charge on any atom is -0.435 e. The second kappa shape index (κ2) is 10.5. The monoisotopic (exact) mass is 379 g/mol. The minimum absolute atomic E-state index is 0.139. The van der Waals surface area contributed by atoms with Gasteiger partial charge in [-0.3, -0.25) is 4.68 Å². The molecule has 0 aliphatic carbocycles. The summed E-state index contributed by atoms with van der Waals surface area (Å²) in [7, 11) is 0. The van der Waals surface area contributed by atoms with Crippen LogP contribution in [0.15, 0.2) is 35.3 Å². The van der Waals surface area contributed by atoms with Gasteiger partial charge in [0.15, 0.2) is 5.96 Å². The molecule has 2 rings (SSSR count). The molecule has 1 aromatic heterocycles. The fourth-order valence-corrected chi connectivity index (χ4v) is 2.67. The van der Waals surface area contributed by atoms with E-state index >= 15 is 0 Å². The molecule has 0 spiro atoms. The number of nitrogens with zero attached hydrogens (tertiary/aromatic N) is 3. The largest absolute Gasteiger partial charge is 0.435 e. The van der Waals surface area contributed by atoms with E-state index in [2.05, 4.69) is 31.5 Å². The van der Waals surface area contributed by atoms with Crippen molar-refractivity contribution in [3.05, 3.63) is 47.3 Å². The Morgan fingerprint density at radius 3 is 2.74 bits per heavy atom.